The number of rotatable bonds is 4. The van der Waals surface area contributed by atoms with E-state index in [4.69, 9.17) is 16.3 Å². The van der Waals surface area contributed by atoms with Crippen molar-refractivity contribution in [3.8, 4) is 0 Å². The van der Waals surface area contributed by atoms with E-state index < -0.39 is 17.0 Å². The van der Waals surface area contributed by atoms with Gasteiger partial charge < -0.3 is 15.2 Å². The molecule has 7 nitrogen and oxygen atoms in total. The van der Waals surface area contributed by atoms with Crippen molar-refractivity contribution in [2.24, 2.45) is 23.2 Å². The molecule has 8 heteroatoms. The lowest BCUT2D eigenvalue weighted by atomic mass is 9.48. The van der Waals surface area contributed by atoms with Crippen molar-refractivity contribution in [2.45, 2.75) is 64.5 Å². The quantitative estimate of drug-likeness (QED) is 0.578. The number of hydrogen-bond donors (Lipinski definition) is 2. The number of esters is 1. The number of carbonyl (C=O) groups is 2. The lowest BCUT2D eigenvalue weighted by Crippen LogP contribution is -2.59. The highest BCUT2D eigenvalue weighted by atomic mass is 35.5. The topological polar surface area (TPSA) is 101 Å². The number of ether oxygens (including phenoxy) is 1. The number of aromatic nitrogens is 2. The molecule has 0 spiro atoms. The second kappa shape index (κ2) is 6.58. The molecule has 4 aliphatic rings. The van der Waals surface area contributed by atoms with Crippen molar-refractivity contribution in [1.82, 2.24) is 9.97 Å². The maximum absolute atomic E-state index is 13.0. The van der Waals surface area contributed by atoms with Crippen LogP contribution >= 0.6 is 11.6 Å². The fourth-order valence-corrected chi connectivity index (χ4v) is 5.81. The summed E-state index contributed by atoms with van der Waals surface area (Å²) in [6.45, 7) is 5.71. The third-order valence-electron chi connectivity index (χ3n) is 6.40. The fourth-order valence-electron chi connectivity index (χ4n) is 5.68. The minimum Gasteiger partial charge on any atom is -0.477 e. The van der Waals surface area contributed by atoms with Gasteiger partial charge in [0.05, 0.1) is 5.41 Å². The summed E-state index contributed by atoms with van der Waals surface area (Å²) in [4.78, 5) is 32.4. The van der Waals surface area contributed by atoms with E-state index in [0.717, 1.165) is 32.1 Å². The highest BCUT2D eigenvalue weighted by Gasteiger charge is 2.59. The van der Waals surface area contributed by atoms with E-state index in [1.807, 2.05) is 20.8 Å². The number of carboxylic acid groups (broad SMARTS) is 1. The Balaban J connectivity index is 1.57. The van der Waals surface area contributed by atoms with E-state index >= 15 is 0 Å². The van der Waals surface area contributed by atoms with Gasteiger partial charge in [0.25, 0.3) is 0 Å². The maximum Gasteiger partial charge on any atom is 0.341 e. The highest BCUT2D eigenvalue weighted by Crippen LogP contribution is 2.61. The number of halogens is 1. The predicted molar refractivity (Wildman–Crippen MR) is 103 cm³/mol. The van der Waals surface area contributed by atoms with Gasteiger partial charge in [0, 0.05) is 12.2 Å². The van der Waals surface area contributed by atoms with E-state index in [2.05, 4.69) is 15.3 Å². The van der Waals surface area contributed by atoms with Crippen molar-refractivity contribution in [3.63, 3.8) is 0 Å². The molecule has 0 radical (unpaired) electrons. The van der Waals surface area contributed by atoms with Crippen LogP contribution in [0.2, 0.25) is 5.28 Å². The minimum atomic E-state index is -1.09. The van der Waals surface area contributed by atoms with E-state index in [1.54, 1.807) is 0 Å². The van der Waals surface area contributed by atoms with Crippen LogP contribution in [0.3, 0.4) is 0 Å². The van der Waals surface area contributed by atoms with Crippen LogP contribution in [-0.2, 0) is 9.53 Å². The van der Waals surface area contributed by atoms with Crippen LogP contribution in [0.15, 0.2) is 6.20 Å². The van der Waals surface area contributed by atoms with Crippen molar-refractivity contribution in [3.05, 3.63) is 17.0 Å². The first-order valence-corrected chi connectivity index (χ1v) is 10.2. The molecule has 2 unspecified atom stereocenters. The van der Waals surface area contributed by atoms with E-state index in [9.17, 15) is 14.7 Å². The fraction of sp³-hybridized carbons (Fsp3) is 0.700. The molecule has 152 valence electrons. The Kier molecular flexibility index (Phi) is 4.56. The molecule has 4 saturated carbocycles. The van der Waals surface area contributed by atoms with Gasteiger partial charge in [0.2, 0.25) is 5.28 Å². The summed E-state index contributed by atoms with van der Waals surface area (Å²) in [6.07, 6.45) is 5.76. The Labute approximate surface area is 169 Å². The first kappa shape index (κ1) is 19.4. The molecule has 4 bridgehead atoms. The highest BCUT2D eigenvalue weighted by molar-refractivity contribution is 6.28. The molecule has 0 aliphatic heterocycles. The monoisotopic (exact) mass is 407 g/mol. The number of carboxylic acids is 1. The van der Waals surface area contributed by atoms with Crippen LogP contribution < -0.4 is 5.32 Å². The normalized spacial score (nSPS) is 33.6. The van der Waals surface area contributed by atoms with Crippen LogP contribution in [0.4, 0.5) is 5.82 Å². The summed E-state index contributed by atoms with van der Waals surface area (Å²) in [5, 5.41) is 12.8. The molecule has 0 saturated heterocycles. The molecule has 2 atom stereocenters. The zero-order chi connectivity index (χ0) is 20.3. The average molecular weight is 408 g/mol. The standard InChI is InChI=1S/C20H26ClN3O4/c1-19(2,3)28-17(27)20-6-10-4-11(7-20)14(12(5-10)8-20)23-15-13(16(25)26)9-22-18(21)24-15/h9-12,14H,4-8H2,1-3H3,(H,25,26)(H,22,23,24). The van der Waals surface area contributed by atoms with Crippen molar-refractivity contribution in [2.75, 3.05) is 5.32 Å². The Morgan fingerprint density at radius 2 is 1.89 bits per heavy atom. The van der Waals surface area contributed by atoms with Gasteiger partial charge in [-0.1, -0.05) is 0 Å². The van der Waals surface area contributed by atoms with Crippen molar-refractivity contribution in [1.29, 1.82) is 0 Å². The molecule has 1 aromatic heterocycles. The third-order valence-corrected chi connectivity index (χ3v) is 6.58. The first-order chi connectivity index (χ1) is 13.1. The van der Waals surface area contributed by atoms with Crippen LogP contribution in [-0.4, -0.2) is 38.7 Å². The molecule has 0 amide bonds. The van der Waals surface area contributed by atoms with Crippen LogP contribution in [0, 0.1) is 23.2 Å². The number of hydrogen-bond acceptors (Lipinski definition) is 6. The molecule has 0 aromatic carbocycles. The lowest BCUT2D eigenvalue weighted by molar-refractivity contribution is -0.183. The molecule has 5 rings (SSSR count). The number of carbonyl (C=O) groups excluding carboxylic acids is 1. The first-order valence-electron chi connectivity index (χ1n) is 9.82. The number of aromatic carboxylic acids is 1. The average Bonchev–Trinajstić information content (AvgIpc) is 2.55. The van der Waals surface area contributed by atoms with E-state index in [-0.39, 0.29) is 40.5 Å². The second-order valence-corrected chi connectivity index (χ2v) is 9.97. The minimum absolute atomic E-state index is 0.0139. The van der Waals surface area contributed by atoms with Crippen LogP contribution in [0.1, 0.15) is 63.2 Å². The number of anilines is 1. The number of nitrogens with one attached hydrogen (secondary N) is 1. The van der Waals surface area contributed by atoms with Crippen molar-refractivity contribution < 1.29 is 19.4 Å². The second-order valence-electron chi connectivity index (χ2n) is 9.63. The van der Waals surface area contributed by atoms with Gasteiger partial charge >= 0.3 is 11.9 Å². The van der Waals surface area contributed by atoms with Gasteiger partial charge in [0.15, 0.2) is 0 Å². The Morgan fingerprint density at radius 3 is 2.46 bits per heavy atom. The van der Waals surface area contributed by atoms with Gasteiger partial charge in [-0.2, -0.15) is 4.98 Å². The molecule has 1 heterocycles. The SMILES string of the molecule is CC(C)(C)OC(=O)C12CC3CC(C1)C(Nc1nc(Cl)ncc1C(=O)O)C(C3)C2. The largest absolute Gasteiger partial charge is 0.477 e. The Bertz CT molecular complexity index is 806. The summed E-state index contributed by atoms with van der Waals surface area (Å²) in [5.41, 5.74) is -0.882. The van der Waals surface area contributed by atoms with E-state index in [1.165, 1.54) is 6.20 Å². The summed E-state index contributed by atoms with van der Waals surface area (Å²) in [6, 6.07) is 0.0798. The predicted octanol–water partition coefficient (Wildman–Crippen LogP) is 3.78. The van der Waals surface area contributed by atoms with Crippen LogP contribution in [0.5, 0.6) is 0 Å². The van der Waals surface area contributed by atoms with Gasteiger partial charge in [-0.25, -0.2) is 9.78 Å². The molecular formula is C20H26ClN3O4. The molecule has 4 fully saturated rings. The van der Waals surface area contributed by atoms with Crippen molar-refractivity contribution >= 4 is 29.4 Å². The molecule has 2 N–H and O–H groups in total. The molecule has 28 heavy (non-hydrogen) atoms. The number of nitrogens with zero attached hydrogens (tertiary/aromatic N) is 2. The third kappa shape index (κ3) is 3.45. The lowest BCUT2D eigenvalue weighted by Gasteiger charge is -2.59. The summed E-state index contributed by atoms with van der Waals surface area (Å²) in [7, 11) is 0. The summed E-state index contributed by atoms with van der Waals surface area (Å²) in [5.74, 6) is 0.193. The molecular weight excluding hydrogens is 382 g/mol. The zero-order valence-electron chi connectivity index (χ0n) is 16.4. The van der Waals surface area contributed by atoms with Crippen LogP contribution in [0.25, 0.3) is 0 Å². The zero-order valence-corrected chi connectivity index (χ0v) is 17.1. The smallest absolute Gasteiger partial charge is 0.341 e. The van der Waals surface area contributed by atoms with E-state index in [0.29, 0.717) is 5.92 Å². The van der Waals surface area contributed by atoms with Gasteiger partial charge in [0.1, 0.15) is 17.0 Å². The summed E-state index contributed by atoms with van der Waals surface area (Å²) >= 11 is 5.90. The maximum atomic E-state index is 13.0. The van der Waals surface area contributed by atoms with Gasteiger partial charge in [-0.15, -0.1) is 0 Å². The van der Waals surface area contributed by atoms with Gasteiger partial charge in [-0.3, -0.25) is 4.79 Å². The summed E-state index contributed by atoms with van der Waals surface area (Å²) < 4.78 is 5.77. The Morgan fingerprint density at radius 1 is 1.25 bits per heavy atom. The molecule has 1 aromatic rings. The molecule has 4 aliphatic carbocycles. The van der Waals surface area contributed by atoms with Gasteiger partial charge in [-0.05, 0) is 82.2 Å². The Hall–Kier alpha value is -1.89.